The van der Waals surface area contributed by atoms with Gasteiger partial charge in [-0.2, -0.15) is 0 Å². The van der Waals surface area contributed by atoms with E-state index in [4.69, 9.17) is 9.84 Å². The van der Waals surface area contributed by atoms with Crippen LogP contribution in [-0.2, 0) is 16.0 Å². The SMILES string of the molecule is O=C1Cc2ccccc2/C(=C(\I)CO)O1. The molecule has 3 nitrogen and oxygen atoms in total. The maximum Gasteiger partial charge on any atom is 0.315 e. The third-order valence-corrected chi connectivity index (χ3v) is 3.03. The van der Waals surface area contributed by atoms with Crippen LogP contribution in [0.15, 0.2) is 27.8 Å². The monoisotopic (exact) mass is 316 g/mol. The second-order valence-corrected chi connectivity index (χ2v) is 4.50. The van der Waals surface area contributed by atoms with E-state index < -0.39 is 0 Å². The Bertz CT molecular complexity index is 437. The smallest absolute Gasteiger partial charge is 0.315 e. The maximum absolute atomic E-state index is 11.3. The number of rotatable bonds is 1. The van der Waals surface area contributed by atoms with Gasteiger partial charge in [0.25, 0.3) is 0 Å². The normalized spacial score (nSPS) is 18.1. The number of halogens is 1. The number of carbonyl (C=O) groups excluding carboxylic acids is 1. The Labute approximate surface area is 101 Å². The molecule has 78 valence electrons. The standard InChI is InChI=1S/C11H9IO3/c12-9(6-13)11-8-4-2-1-3-7(8)5-10(14)15-11/h1-4,13H,5-6H2/b11-9+. The zero-order chi connectivity index (χ0) is 10.8. The summed E-state index contributed by atoms with van der Waals surface area (Å²) in [6.07, 6.45) is 0.301. The summed E-state index contributed by atoms with van der Waals surface area (Å²) in [4.78, 5) is 11.3. The molecule has 0 aliphatic carbocycles. The van der Waals surface area contributed by atoms with Gasteiger partial charge in [0.1, 0.15) is 5.76 Å². The number of ether oxygens (including phenoxy) is 1. The first-order valence-electron chi connectivity index (χ1n) is 4.51. The van der Waals surface area contributed by atoms with Crippen molar-refractivity contribution in [2.45, 2.75) is 6.42 Å². The fourth-order valence-electron chi connectivity index (χ4n) is 1.53. The zero-order valence-electron chi connectivity index (χ0n) is 7.87. The Morgan fingerprint density at radius 2 is 2.20 bits per heavy atom. The van der Waals surface area contributed by atoms with Gasteiger partial charge in [-0.25, -0.2) is 0 Å². The van der Waals surface area contributed by atoms with E-state index in [-0.39, 0.29) is 12.6 Å². The van der Waals surface area contributed by atoms with E-state index in [1.807, 2.05) is 46.9 Å². The average Bonchev–Trinajstić information content (AvgIpc) is 2.26. The number of benzene rings is 1. The quantitative estimate of drug-likeness (QED) is 0.636. The molecule has 0 spiro atoms. The number of aliphatic hydroxyl groups is 1. The van der Waals surface area contributed by atoms with Crippen molar-refractivity contribution in [2.75, 3.05) is 6.61 Å². The van der Waals surface area contributed by atoms with E-state index in [0.29, 0.717) is 15.8 Å². The molecule has 1 aliphatic heterocycles. The third kappa shape index (κ3) is 2.05. The Kier molecular flexibility index (Phi) is 3.06. The molecule has 15 heavy (non-hydrogen) atoms. The molecule has 1 N–H and O–H groups in total. The van der Waals surface area contributed by atoms with E-state index in [1.165, 1.54) is 0 Å². The Hall–Kier alpha value is -0.880. The summed E-state index contributed by atoms with van der Waals surface area (Å²) >= 11 is 1.98. The minimum absolute atomic E-state index is 0.114. The number of esters is 1. The van der Waals surface area contributed by atoms with E-state index in [1.54, 1.807) is 0 Å². The van der Waals surface area contributed by atoms with E-state index in [0.717, 1.165) is 11.1 Å². The fourth-order valence-corrected chi connectivity index (χ4v) is 1.93. The van der Waals surface area contributed by atoms with Crippen LogP contribution < -0.4 is 0 Å². The summed E-state index contributed by atoms with van der Waals surface area (Å²) in [5.74, 6) is 0.219. The van der Waals surface area contributed by atoms with Crippen molar-refractivity contribution in [1.82, 2.24) is 0 Å². The van der Waals surface area contributed by atoms with Crippen LogP contribution in [0, 0.1) is 0 Å². The summed E-state index contributed by atoms with van der Waals surface area (Å²) in [5.41, 5.74) is 1.85. The molecule has 0 atom stereocenters. The van der Waals surface area contributed by atoms with Crippen molar-refractivity contribution in [2.24, 2.45) is 0 Å². The highest BCUT2D eigenvalue weighted by molar-refractivity contribution is 14.1. The molecule has 1 aromatic carbocycles. The van der Waals surface area contributed by atoms with Crippen molar-refractivity contribution in [3.63, 3.8) is 0 Å². The summed E-state index contributed by atoms with van der Waals surface area (Å²) in [6, 6.07) is 7.57. The van der Waals surface area contributed by atoms with Gasteiger partial charge in [-0.05, 0) is 28.2 Å². The van der Waals surface area contributed by atoms with Crippen LogP contribution in [0.3, 0.4) is 0 Å². The molecular formula is C11H9IO3. The van der Waals surface area contributed by atoms with Crippen molar-refractivity contribution in [3.8, 4) is 0 Å². The van der Waals surface area contributed by atoms with Crippen molar-refractivity contribution >= 4 is 34.3 Å². The van der Waals surface area contributed by atoms with Crippen LogP contribution >= 0.6 is 22.6 Å². The minimum Gasteiger partial charge on any atom is -0.425 e. The highest BCUT2D eigenvalue weighted by Crippen LogP contribution is 2.31. The largest absolute Gasteiger partial charge is 0.425 e. The Balaban J connectivity index is 2.57. The van der Waals surface area contributed by atoms with Gasteiger partial charge in [0, 0.05) is 5.56 Å². The predicted octanol–water partition coefficient (Wildman–Crippen LogP) is 1.88. The van der Waals surface area contributed by atoms with Crippen LogP contribution in [0.2, 0.25) is 0 Å². The van der Waals surface area contributed by atoms with E-state index >= 15 is 0 Å². The lowest BCUT2D eigenvalue weighted by Crippen LogP contribution is -2.16. The number of hydrogen-bond acceptors (Lipinski definition) is 3. The predicted molar refractivity (Wildman–Crippen MR) is 64.3 cm³/mol. The molecule has 0 fully saturated rings. The van der Waals surface area contributed by atoms with Crippen molar-refractivity contribution < 1.29 is 14.6 Å². The lowest BCUT2D eigenvalue weighted by atomic mass is 10.0. The molecule has 1 aromatic rings. The second-order valence-electron chi connectivity index (χ2n) is 3.20. The molecular weight excluding hydrogens is 307 g/mol. The van der Waals surface area contributed by atoms with E-state index in [9.17, 15) is 4.79 Å². The van der Waals surface area contributed by atoms with Gasteiger partial charge in [0.2, 0.25) is 0 Å². The van der Waals surface area contributed by atoms with Crippen molar-refractivity contribution in [3.05, 3.63) is 39.0 Å². The summed E-state index contributed by atoms with van der Waals surface area (Å²) in [5, 5.41) is 9.04. The van der Waals surface area contributed by atoms with Gasteiger partial charge < -0.3 is 9.84 Å². The zero-order valence-corrected chi connectivity index (χ0v) is 10.0. The van der Waals surface area contributed by atoms with E-state index in [2.05, 4.69) is 0 Å². The number of fused-ring (bicyclic) bond motifs is 1. The van der Waals surface area contributed by atoms with Gasteiger partial charge in [0.05, 0.1) is 16.6 Å². The lowest BCUT2D eigenvalue weighted by molar-refractivity contribution is -0.136. The lowest BCUT2D eigenvalue weighted by Gasteiger charge is -2.19. The Morgan fingerprint density at radius 1 is 1.47 bits per heavy atom. The highest BCUT2D eigenvalue weighted by Gasteiger charge is 2.23. The summed E-state index contributed by atoms with van der Waals surface area (Å²) < 4.78 is 5.79. The molecule has 0 radical (unpaired) electrons. The van der Waals surface area contributed by atoms with Crippen LogP contribution in [-0.4, -0.2) is 17.7 Å². The molecule has 0 aromatic heterocycles. The molecule has 0 unspecified atom stereocenters. The first-order chi connectivity index (χ1) is 7.22. The maximum atomic E-state index is 11.3. The molecule has 0 saturated carbocycles. The first kappa shape index (κ1) is 10.6. The summed E-state index contributed by atoms with van der Waals surface area (Å²) in [6.45, 7) is -0.114. The fraction of sp³-hybridized carbons (Fsp3) is 0.182. The number of carbonyl (C=O) groups is 1. The molecule has 1 aliphatic rings. The molecule has 0 amide bonds. The Morgan fingerprint density at radius 3 is 2.93 bits per heavy atom. The molecule has 1 heterocycles. The topological polar surface area (TPSA) is 46.5 Å². The van der Waals surface area contributed by atoms with Gasteiger partial charge >= 0.3 is 5.97 Å². The minimum atomic E-state index is -0.272. The van der Waals surface area contributed by atoms with Gasteiger partial charge in [-0.1, -0.05) is 24.3 Å². The molecule has 2 rings (SSSR count). The van der Waals surface area contributed by atoms with Crippen LogP contribution in [0.5, 0.6) is 0 Å². The van der Waals surface area contributed by atoms with Gasteiger partial charge in [0.15, 0.2) is 0 Å². The average molecular weight is 316 g/mol. The number of aliphatic hydroxyl groups excluding tert-OH is 1. The molecule has 4 heteroatoms. The van der Waals surface area contributed by atoms with Crippen LogP contribution in [0.25, 0.3) is 5.76 Å². The number of hydrogen-bond donors (Lipinski definition) is 1. The van der Waals surface area contributed by atoms with Crippen LogP contribution in [0.1, 0.15) is 11.1 Å². The molecule has 0 saturated heterocycles. The molecule has 0 bridgehead atoms. The van der Waals surface area contributed by atoms with Gasteiger partial charge in [-0.3, -0.25) is 4.79 Å². The summed E-state index contributed by atoms with van der Waals surface area (Å²) in [7, 11) is 0. The van der Waals surface area contributed by atoms with Gasteiger partial charge in [-0.15, -0.1) is 0 Å². The highest BCUT2D eigenvalue weighted by atomic mass is 127. The second kappa shape index (κ2) is 4.32. The third-order valence-electron chi connectivity index (χ3n) is 2.20. The van der Waals surface area contributed by atoms with Crippen LogP contribution in [0.4, 0.5) is 0 Å². The first-order valence-corrected chi connectivity index (χ1v) is 5.58. The van der Waals surface area contributed by atoms with Crippen molar-refractivity contribution in [1.29, 1.82) is 0 Å². The number of cyclic esters (lactones) is 1.